The molecule has 1 heterocycles. The smallest absolute Gasteiger partial charge is 0.251 e. The summed E-state index contributed by atoms with van der Waals surface area (Å²) in [4.78, 5) is 12.2. The van der Waals surface area contributed by atoms with Crippen LogP contribution in [-0.2, 0) is 9.47 Å². The quantitative estimate of drug-likeness (QED) is 0.746. The number of benzene rings is 1. The molecule has 21 heavy (non-hydrogen) atoms. The number of aliphatic hydroxyl groups excluding tert-OH is 2. The molecule has 6 nitrogen and oxygen atoms in total. The molecular formula is C15H21NO5. The van der Waals surface area contributed by atoms with Gasteiger partial charge in [-0.05, 0) is 26.0 Å². The van der Waals surface area contributed by atoms with E-state index in [2.05, 4.69) is 5.32 Å². The van der Waals surface area contributed by atoms with Crippen LogP contribution in [-0.4, -0.2) is 53.4 Å². The van der Waals surface area contributed by atoms with Crippen molar-refractivity contribution < 1.29 is 24.5 Å². The van der Waals surface area contributed by atoms with E-state index in [0.29, 0.717) is 5.56 Å². The number of amides is 1. The van der Waals surface area contributed by atoms with Crippen LogP contribution in [0.5, 0.6) is 0 Å². The third-order valence-electron chi connectivity index (χ3n) is 3.68. The van der Waals surface area contributed by atoms with Crippen molar-refractivity contribution in [2.45, 2.75) is 44.0 Å². The highest BCUT2D eigenvalue weighted by molar-refractivity contribution is 5.94. The molecule has 1 aromatic rings. The zero-order valence-corrected chi connectivity index (χ0v) is 12.3. The SMILES string of the molecule is CO[C@@H]1[C@@H](NC(=O)c2ccccc2)[C@@H](O)C(O)OC1(C)C. The van der Waals surface area contributed by atoms with Crippen molar-refractivity contribution in [3.05, 3.63) is 35.9 Å². The maximum Gasteiger partial charge on any atom is 0.251 e. The third-order valence-corrected chi connectivity index (χ3v) is 3.68. The number of rotatable bonds is 3. The highest BCUT2D eigenvalue weighted by atomic mass is 16.6. The van der Waals surface area contributed by atoms with E-state index in [0.717, 1.165) is 0 Å². The monoisotopic (exact) mass is 295 g/mol. The molecule has 1 saturated heterocycles. The van der Waals surface area contributed by atoms with Gasteiger partial charge in [-0.3, -0.25) is 4.79 Å². The molecule has 6 heteroatoms. The van der Waals surface area contributed by atoms with Crippen LogP contribution in [0.1, 0.15) is 24.2 Å². The van der Waals surface area contributed by atoms with Crippen LogP contribution < -0.4 is 5.32 Å². The number of carbonyl (C=O) groups excluding carboxylic acids is 1. The highest BCUT2D eigenvalue weighted by Crippen LogP contribution is 2.30. The van der Waals surface area contributed by atoms with Gasteiger partial charge in [-0.1, -0.05) is 18.2 Å². The van der Waals surface area contributed by atoms with Crippen molar-refractivity contribution in [3.63, 3.8) is 0 Å². The van der Waals surface area contributed by atoms with E-state index in [1.165, 1.54) is 7.11 Å². The van der Waals surface area contributed by atoms with Crippen LogP contribution >= 0.6 is 0 Å². The lowest BCUT2D eigenvalue weighted by Gasteiger charge is -2.47. The van der Waals surface area contributed by atoms with Gasteiger partial charge in [0.2, 0.25) is 0 Å². The fourth-order valence-corrected chi connectivity index (χ4v) is 2.65. The maximum atomic E-state index is 12.2. The van der Waals surface area contributed by atoms with Crippen LogP contribution in [0, 0.1) is 0 Å². The van der Waals surface area contributed by atoms with E-state index in [9.17, 15) is 15.0 Å². The lowest BCUT2D eigenvalue weighted by Crippen LogP contribution is -2.67. The summed E-state index contributed by atoms with van der Waals surface area (Å²) in [6.07, 6.45) is -3.24. The predicted molar refractivity (Wildman–Crippen MR) is 75.7 cm³/mol. The van der Waals surface area contributed by atoms with Crippen molar-refractivity contribution in [3.8, 4) is 0 Å². The van der Waals surface area contributed by atoms with Crippen LogP contribution in [0.3, 0.4) is 0 Å². The number of carbonyl (C=O) groups is 1. The number of ether oxygens (including phenoxy) is 2. The topological polar surface area (TPSA) is 88.0 Å². The predicted octanol–water partition coefficient (Wildman–Crippen LogP) is 0.288. The normalized spacial score (nSPS) is 31.7. The second kappa shape index (κ2) is 6.11. The Kier molecular flexibility index (Phi) is 4.63. The number of hydrogen-bond acceptors (Lipinski definition) is 5. The summed E-state index contributed by atoms with van der Waals surface area (Å²) in [5, 5.41) is 22.6. The molecule has 1 aromatic carbocycles. The fourth-order valence-electron chi connectivity index (χ4n) is 2.65. The van der Waals surface area contributed by atoms with Crippen molar-refractivity contribution in [1.82, 2.24) is 5.32 Å². The largest absolute Gasteiger partial charge is 0.386 e. The summed E-state index contributed by atoms with van der Waals surface area (Å²) in [7, 11) is 1.47. The Hall–Kier alpha value is -1.47. The molecule has 0 aromatic heterocycles. The van der Waals surface area contributed by atoms with E-state index in [4.69, 9.17) is 9.47 Å². The molecule has 3 N–H and O–H groups in total. The first kappa shape index (κ1) is 15.9. The number of nitrogens with one attached hydrogen (secondary N) is 1. The Balaban J connectivity index is 2.20. The van der Waals surface area contributed by atoms with Gasteiger partial charge in [0.05, 0.1) is 11.6 Å². The second-order valence-electron chi connectivity index (χ2n) is 5.62. The van der Waals surface area contributed by atoms with Crippen molar-refractivity contribution in [2.24, 2.45) is 0 Å². The average molecular weight is 295 g/mol. The molecule has 2 rings (SSSR count). The first-order valence-electron chi connectivity index (χ1n) is 6.79. The van der Waals surface area contributed by atoms with Gasteiger partial charge in [0.25, 0.3) is 5.91 Å². The minimum Gasteiger partial charge on any atom is -0.386 e. The van der Waals surface area contributed by atoms with Gasteiger partial charge < -0.3 is 25.0 Å². The van der Waals surface area contributed by atoms with Crippen molar-refractivity contribution >= 4 is 5.91 Å². The Morgan fingerprint density at radius 1 is 1.29 bits per heavy atom. The average Bonchev–Trinajstić information content (AvgIpc) is 2.45. The number of aliphatic hydroxyl groups is 2. The Bertz CT molecular complexity index is 490. The highest BCUT2D eigenvalue weighted by Gasteiger charge is 2.50. The van der Waals surface area contributed by atoms with Crippen LogP contribution in [0.15, 0.2) is 30.3 Å². The molecule has 0 spiro atoms. The van der Waals surface area contributed by atoms with Gasteiger partial charge in [-0.2, -0.15) is 0 Å². The van der Waals surface area contributed by atoms with Gasteiger partial charge in [-0.25, -0.2) is 0 Å². The van der Waals surface area contributed by atoms with Gasteiger partial charge in [-0.15, -0.1) is 0 Å². The molecule has 1 aliphatic rings. The Labute approximate surface area is 123 Å². The van der Waals surface area contributed by atoms with Gasteiger partial charge in [0, 0.05) is 12.7 Å². The van der Waals surface area contributed by atoms with E-state index in [1.54, 1.807) is 38.1 Å². The van der Waals surface area contributed by atoms with Gasteiger partial charge in [0.15, 0.2) is 6.29 Å². The summed E-state index contributed by atoms with van der Waals surface area (Å²) in [5.41, 5.74) is -0.375. The summed E-state index contributed by atoms with van der Waals surface area (Å²) < 4.78 is 10.7. The fraction of sp³-hybridized carbons (Fsp3) is 0.533. The molecule has 1 unspecified atom stereocenters. The standard InChI is InChI=1S/C15H21NO5/c1-15(2)12(20-3)10(11(17)14(19)21-15)16-13(18)9-7-5-4-6-8-9/h4-8,10-12,14,17,19H,1-3H3,(H,16,18)/t10-,11+,12+,14?/m0/s1. The van der Waals surface area contributed by atoms with Crippen LogP contribution in [0.25, 0.3) is 0 Å². The molecule has 1 fully saturated rings. The van der Waals surface area contributed by atoms with Gasteiger partial charge >= 0.3 is 0 Å². The zero-order valence-electron chi connectivity index (χ0n) is 12.3. The van der Waals surface area contributed by atoms with E-state index < -0.39 is 30.1 Å². The first-order valence-corrected chi connectivity index (χ1v) is 6.79. The molecule has 1 amide bonds. The van der Waals surface area contributed by atoms with E-state index >= 15 is 0 Å². The van der Waals surface area contributed by atoms with Crippen LogP contribution in [0.4, 0.5) is 0 Å². The summed E-state index contributed by atoms with van der Waals surface area (Å²) in [6.45, 7) is 3.47. The molecule has 0 aliphatic carbocycles. The minimum absolute atomic E-state index is 0.341. The number of hydrogen-bond donors (Lipinski definition) is 3. The first-order chi connectivity index (χ1) is 9.86. The van der Waals surface area contributed by atoms with Crippen molar-refractivity contribution in [2.75, 3.05) is 7.11 Å². The molecule has 0 saturated carbocycles. The van der Waals surface area contributed by atoms with Crippen LogP contribution in [0.2, 0.25) is 0 Å². The van der Waals surface area contributed by atoms with E-state index in [1.807, 2.05) is 6.07 Å². The van der Waals surface area contributed by atoms with E-state index in [-0.39, 0.29) is 5.91 Å². The second-order valence-corrected chi connectivity index (χ2v) is 5.62. The molecule has 4 atom stereocenters. The number of methoxy groups -OCH3 is 1. The minimum atomic E-state index is -1.38. The molecule has 116 valence electrons. The lowest BCUT2D eigenvalue weighted by molar-refractivity contribution is -0.290. The molecular weight excluding hydrogens is 274 g/mol. The molecule has 1 aliphatic heterocycles. The maximum absolute atomic E-state index is 12.2. The zero-order chi connectivity index (χ0) is 15.6. The molecule has 0 radical (unpaired) electrons. The summed E-state index contributed by atoms with van der Waals surface area (Å²) >= 11 is 0. The molecule has 0 bridgehead atoms. The lowest BCUT2D eigenvalue weighted by atomic mass is 9.87. The Morgan fingerprint density at radius 3 is 2.48 bits per heavy atom. The van der Waals surface area contributed by atoms with Crippen molar-refractivity contribution in [1.29, 1.82) is 0 Å². The van der Waals surface area contributed by atoms with Gasteiger partial charge in [0.1, 0.15) is 12.2 Å². The Morgan fingerprint density at radius 2 is 1.90 bits per heavy atom. The summed E-state index contributed by atoms with van der Waals surface area (Å²) in [6, 6.07) is 7.88. The third kappa shape index (κ3) is 3.24. The summed E-state index contributed by atoms with van der Waals surface area (Å²) in [5.74, 6) is -0.341.